The van der Waals surface area contributed by atoms with E-state index in [2.05, 4.69) is 71.3 Å². The molecule has 0 bridgehead atoms. The van der Waals surface area contributed by atoms with Crippen LogP contribution in [0.5, 0.6) is 5.75 Å². The number of hydrogen-bond donors (Lipinski definition) is 0. The highest BCUT2D eigenvalue weighted by Gasteiger charge is 2.21. The molecule has 6 aromatic rings. The van der Waals surface area contributed by atoms with E-state index in [0.29, 0.717) is 6.61 Å². The Labute approximate surface area is 176 Å². The molecule has 142 valence electrons. The SMILES string of the molecule is c1ccc2c(c1)OCc1nc3cc(-c4cccc5c4sc4ccccc45)ccc3n1-2. The van der Waals surface area contributed by atoms with Crippen molar-refractivity contribution in [2.75, 3.05) is 0 Å². The number of para-hydroxylation sites is 2. The fourth-order valence-electron chi connectivity index (χ4n) is 4.54. The minimum Gasteiger partial charge on any atom is -0.483 e. The molecule has 2 aromatic heterocycles. The number of imidazole rings is 1. The maximum absolute atomic E-state index is 5.90. The van der Waals surface area contributed by atoms with Gasteiger partial charge < -0.3 is 4.74 Å². The number of fused-ring (bicyclic) bond motifs is 8. The second-order valence-corrected chi connectivity index (χ2v) is 8.66. The summed E-state index contributed by atoms with van der Waals surface area (Å²) in [5.74, 6) is 1.85. The van der Waals surface area contributed by atoms with Gasteiger partial charge in [0.1, 0.15) is 12.4 Å². The summed E-state index contributed by atoms with van der Waals surface area (Å²) in [7, 11) is 0. The summed E-state index contributed by atoms with van der Waals surface area (Å²) in [6.07, 6.45) is 0. The molecule has 0 saturated carbocycles. The van der Waals surface area contributed by atoms with Gasteiger partial charge in [0.2, 0.25) is 0 Å². The molecule has 4 aromatic carbocycles. The van der Waals surface area contributed by atoms with Gasteiger partial charge in [-0.2, -0.15) is 0 Å². The highest BCUT2D eigenvalue weighted by Crippen LogP contribution is 2.41. The van der Waals surface area contributed by atoms with E-state index >= 15 is 0 Å². The Kier molecular flexibility index (Phi) is 3.21. The van der Waals surface area contributed by atoms with Gasteiger partial charge >= 0.3 is 0 Å². The van der Waals surface area contributed by atoms with Gasteiger partial charge in [-0.25, -0.2) is 4.98 Å². The molecule has 4 heteroatoms. The van der Waals surface area contributed by atoms with Crippen LogP contribution in [0.15, 0.2) is 84.9 Å². The molecule has 0 amide bonds. The van der Waals surface area contributed by atoms with Gasteiger partial charge in [-0.1, -0.05) is 54.6 Å². The van der Waals surface area contributed by atoms with Crippen LogP contribution in [0.1, 0.15) is 5.82 Å². The first-order chi connectivity index (χ1) is 14.9. The predicted molar refractivity (Wildman–Crippen MR) is 124 cm³/mol. The Morgan fingerprint density at radius 1 is 0.833 bits per heavy atom. The minimum absolute atomic E-state index is 0.493. The van der Waals surface area contributed by atoms with Crippen molar-refractivity contribution >= 4 is 42.5 Å². The van der Waals surface area contributed by atoms with Crippen LogP contribution in [0, 0.1) is 0 Å². The van der Waals surface area contributed by atoms with Crippen LogP contribution < -0.4 is 4.74 Å². The molecule has 0 radical (unpaired) electrons. The van der Waals surface area contributed by atoms with Crippen molar-refractivity contribution in [2.24, 2.45) is 0 Å². The number of ether oxygens (including phenoxy) is 1. The first-order valence-corrected chi connectivity index (χ1v) is 10.8. The fourth-order valence-corrected chi connectivity index (χ4v) is 5.78. The van der Waals surface area contributed by atoms with Crippen LogP contribution in [-0.4, -0.2) is 9.55 Å². The molecule has 1 aliphatic rings. The van der Waals surface area contributed by atoms with E-state index in [-0.39, 0.29) is 0 Å². The van der Waals surface area contributed by atoms with Gasteiger partial charge in [-0.15, -0.1) is 11.3 Å². The quantitative estimate of drug-likeness (QED) is 0.296. The van der Waals surface area contributed by atoms with Crippen molar-refractivity contribution in [3.8, 4) is 22.6 Å². The van der Waals surface area contributed by atoms with Gasteiger partial charge in [0, 0.05) is 20.2 Å². The number of rotatable bonds is 1. The zero-order valence-electron chi connectivity index (χ0n) is 16.0. The fraction of sp³-hybridized carbons (Fsp3) is 0.0385. The Morgan fingerprint density at radius 3 is 2.70 bits per heavy atom. The first-order valence-electron chi connectivity index (χ1n) is 10.0. The van der Waals surface area contributed by atoms with Crippen LogP contribution in [0.3, 0.4) is 0 Å². The average Bonchev–Trinajstić information content (AvgIpc) is 3.37. The summed E-state index contributed by atoms with van der Waals surface area (Å²) in [6.45, 7) is 0.493. The summed E-state index contributed by atoms with van der Waals surface area (Å²) in [5.41, 5.74) is 5.64. The first kappa shape index (κ1) is 16.2. The van der Waals surface area contributed by atoms with Crippen molar-refractivity contribution in [2.45, 2.75) is 6.61 Å². The van der Waals surface area contributed by atoms with E-state index in [1.807, 2.05) is 29.5 Å². The number of benzene rings is 4. The maximum atomic E-state index is 5.90. The molecule has 0 spiro atoms. The summed E-state index contributed by atoms with van der Waals surface area (Å²) in [5, 5.41) is 2.64. The number of thiophene rings is 1. The molecule has 0 saturated heterocycles. The van der Waals surface area contributed by atoms with Crippen LogP contribution in [-0.2, 0) is 6.61 Å². The summed E-state index contributed by atoms with van der Waals surface area (Å²) in [6, 6.07) is 30.0. The Bertz CT molecular complexity index is 1610. The molecule has 3 nitrogen and oxygen atoms in total. The second kappa shape index (κ2) is 5.94. The molecular formula is C26H16N2OS. The molecule has 0 atom stereocenters. The Balaban J connectivity index is 1.46. The van der Waals surface area contributed by atoms with Crippen molar-refractivity contribution in [1.82, 2.24) is 9.55 Å². The standard InChI is InChI=1S/C26H16N2OS/c1-4-11-24-18(6-1)19-8-5-7-17(26(19)30-24)16-12-13-21-20(14-16)27-25-15-29-23-10-3-2-9-22(23)28(21)25/h1-14H,15H2. The van der Waals surface area contributed by atoms with Crippen molar-refractivity contribution in [1.29, 1.82) is 0 Å². The molecule has 7 rings (SSSR count). The summed E-state index contributed by atoms with van der Waals surface area (Å²) in [4.78, 5) is 4.90. The number of hydrogen-bond acceptors (Lipinski definition) is 3. The lowest BCUT2D eigenvalue weighted by atomic mass is 10.0. The van der Waals surface area contributed by atoms with Crippen LogP contribution in [0.2, 0.25) is 0 Å². The molecule has 3 heterocycles. The lowest BCUT2D eigenvalue weighted by Gasteiger charge is -2.19. The zero-order valence-corrected chi connectivity index (χ0v) is 16.8. The molecule has 0 fully saturated rings. The molecule has 30 heavy (non-hydrogen) atoms. The maximum Gasteiger partial charge on any atom is 0.152 e. The van der Waals surface area contributed by atoms with Gasteiger partial charge in [0.25, 0.3) is 0 Å². The third-order valence-corrected chi connectivity index (χ3v) is 7.12. The van der Waals surface area contributed by atoms with Gasteiger partial charge in [0.15, 0.2) is 5.82 Å². The Hall–Kier alpha value is -3.63. The third kappa shape index (κ3) is 2.17. The van der Waals surface area contributed by atoms with Crippen LogP contribution in [0.4, 0.5) is 0 Å². The van der Waals surface area contributed by atoms with Crippen LogP contribution >= 0.6 is 11.3 Å². The normalized spacial score (nSPS) is 12.8. The minimum atomic E-state index is 0.493. The second-order valence-electron chi connectivity index (χ2n) is 7.60. The van der Waals surface area contributed by atoms with Crippen LogP contribution in [0.25, 0.3) is 48.0 Å². The summed E-state index contributed by atoms with van der Waals surface area (Å²) < 4.78 is 10.8. The lowest BCUT2D eigenvalue weighted by Crippen LogP contribution is -2.12. The molecule has 0 N–H and O–H groups in total. The molecular weight excluding hydrogens is 388 g/mol. The molecule has 0 unspecified atom stereocenters. The Morgan fingerprint density at radius 2 is 1.70 bits per heavy atom. The van der Waals surface area contributed by atoms with E-state index in [1.165, 1.54) is 31.3 Å². The smallest absolute Gasteiger partial charge is 0.152 e. The van der Waals surface area contributed by atoms with E-state index in [1.54, 1.807) is 0 Å². The van der Waals surface area contributed by atoms with Crippen molar-refractivity contribution in [3.05, 3.63) is 90.8 Å². The zero-order chi connectivity index (χ0) is 19.7. The van der Waals surface area contributed by atoms with E-state index in [0.717, 1.165) is 28.3 Å². The largest absolute Gasteiger partial charge is 0.483 e. The number of nitrogens with zero attached hydrogens (tertiary/aromatic N) is 2. The van der Waals surface area contributed by atoms with Crippen molar-refractivity contribution in [3.63, 3.8) is 0 Å². The average molecular weight is 404 g/mol. The predicted octanol–water partition coefficient (Wildman–Crippen LogP) is 6.95. The highest BCUT2D eigenvalue weighted by atomic mass is 32.1. The third-order valence-electron chi connectivity index (χ3n) is 5.90. The van der Waals surface area contributed by atoms with Gasteiger partial charge in [-0.05, 0) is 41.5 Å². The van der Waals surface area contributed by atoms with E-state index in [9.17, 15) is 0 Å². The monoisotopic (exact) mass is 404 g/mol. The van der Waals surface area contributed by atoms with E-state index < -0.39 is 0 Å². The van der Waals surface area contributed by atoms with Gasteiger partial charge in [-0.3, -0.25) is 4.57 Å². The van der Waals surface area contributed by atoms with E-state index in [4.69, 9.17) is 9.72 Å². The summed E-state index contributed by atoms with van der Waals surface area (Å²) >= 11 is 1.86. The topological polar surface area (TPSA) is 27.1 Å². The lowest BCUT2D eigenvalue weighted by molar-refractivity contribution is 0.280. The number of aromatic nitrogens is 2. The molecule has 1 aliphatic heterocycles. The van der Waals surface area contributed by atoms with Crippen molar-refractivity contribution < 1.29 is 4.74 Å². The molecule has 0 aliphatic carbocycles. The highest BCUT2D eigenvalue weighted by molar-refractivity contribution is 7.26. The van der Waals surface area contributed by atoms with Gasteiger partial charge in [0.05, 0.1) is 16.7 Å².